The molecule has 5 heteroatoms. The van der Waals surface area contributed by atoms with Gasteiger partial charge in [-0.05, 0) is 131 Å². The zero-order valence-corrected chi connectivity index (χ0v) is 65.6. The van der Waals surface area contributed by atoms with Crippen LogP contribution in [0.15, 0.2) is 443 Å². The lowest BCUT2D eigenvalue weighted by Gasteiger charge is -2.47. The molecule has 1 unspecified atom stereocenters. The Hall–Kier alpha value is -14.5. The predicted molar refractivity (Wildman–Crippen MR) is 496 cm³/mol. The quantitative estimate of drug-likeness (QED) is 0.101. The summed E-state index contributed by atoms with van der Waals surface area (Å²) in [7, 11) is 0. The number of nitrogens with zero attached hydrogens (tertiary/aromatic N) is 4. The highest BCUT2D eigenvalue weighted by molar-refractivity contribution is 7.00. The molecule has 17 aromatic rings. The average Bonchev–Trinajstić information content (AvgIpc) is 1.08. The minimum absolute atomic E-state index is 0.0634. The SMILES string of the molecule is CC(C)(C)c1cc2c3c(c1)N(c1c(-c4ccccc4)cccc1-c1cccc(-c4ccccc4)c1)c1cc(-n4c(-c5ccccc5)c5ccccc5c4-c4ccccc4)ccc1B3c1ccc(-n3c(-c4ccccc4)c4ccccc4c3-c3ccccc3)cc1N2C1=C(c2cccc(C3C=CC=CC=C3)c2)C=CC=CC1c1ccccc1. The van der Waals surface area contributed by atoms with Crippen LogP contribution in [0.1, 0.15) is 54.9 Å². The third-order valence-electron chi connectivity index (χ3n) is 24.2. The molecule has 0 amide bonds. The van der Waals surface area contributed by atoms with Gasteiger partial charge in [-0.2, -0.15) is 0 Å². The monoisotopic (exact) mass is 1490 g/mol. The fraction of sp³-hybridized carbons (Fsp3) is 0.0536. The minimum atomic E-state index is -0.391. The van der Waals surface area contributed by atoms with Crippen LogP contribution in [0.3, 0.4) is 0 Å². The molecule has 0 saturated carbocycles. The standard InChI is InChI=1S/C112H83BN4/c1-112(2,3)88-72-103-105-104(73-88)117(111-92(79-44-19-8-20-45-79)64-37-65-94(111)87-57-36-55-85(71-87)77-40-15-6-16-41-77)102-75-90(115-108(82-50-25-11-26-51-82)97-62-33-34-63-98(97)109(115)83-52-27-12-28-53-83)67-69-100(102)113(105)99-68-66-89(114-106(80-46-21-9-22-47-80)95-60-31-32-61-96(95)107(114)81-48-23-10-24-49-81)74-101(99)116(103)110-91(78-42-17-7-18-43-78)58-29-30-59-93(110)86-56-35-54-84(70-86)76-38-13-4-5-14-39-76/h4-76,91H,1-3H3. The third-order valence-corrected chi connectivity index (χ3v) is 24.2. The van der Waals surface area contributed by atoms with Crippen molar-refractivity contribution in [3.8, 4) is 89.8 Å². The Kier molecular flexibility index (Phi) is 17.7. The van der Waals surface area contributed by atoms with Crippen molar-refractivity contribution in [1.29, 1.82) is 0 Å². The molecular weight excluding hydrogens is 1410 g/mol. The average molecular weight is 1500 g/mol. The largest absolute Gasteiger partial charge is 0.314 e. The summed E-state index contributed by atoms with van der Waals surface area (Å²) in [6.45, 7) is 6.89. The minimum Gasteiger partial charge on any atom is -0.314 e. The summed E-state index contributed by atoms with van der Waals surface area (Å²) >= 11 is 0. The molecule has 0 saturated heterocycles. The molecule has 2 aliphatic heterocycles. The number of para-hydroxylation sites is 1. The van der Waals surface area contributed by atoms with Crippen molar-refractivity contribution < 1.29 is 0 Å². The first kappa shape index (κ1) is 70.4. The molecule has 4 nitrogen and oxygen atoms in total. The molecule has 2 aromatic heterocycles. The maximum absolute atomic E-state index is 2.76. The molecule has 0 fully saturated rings. The predicted octanol–water partition coefficient (Wildman–Crippen LogP) is 27.4. The van der Waals surface area contributed by atoms with E-state index in [0.717, 1.165) is 135 Å². The van der Waals surface area contributed by atoms with Crippen LogP contribution in [-0.2, 0) is 5.41 Å². The lowest BCUT2D eigenvalue weighted by molar-refractivity contribution is 0.590. The zero-order chi connectivity index (χ0) is 78.1. The Morgan fingerprint density at radius 2 is 0.675 bits per heavy atom. The second-order valence-electron chi connectivity index (χ2n) is 32.1. The van der Waals surface area contributed by atoms with Gasteiger partial charge in [-0.3, -0.25) is 0 Å². The first-order chi connectivity index (χ1) is 57.8. The normalized spacial score (nSPS) is 14.2. The third kappa shape index (κ3) is 12.3. The van der Waals surface area contributed by atoms with E-state index in [0.29, 0.717) is 0 Å². The van der Waals surface area contributed by atoms with Crippen LogP contribution in [0.4, 0.5) is 28.4 Å². The number of hydrogen-bond acceptors (Lipinski definition) is 2. The van der Waals surface area contributed by atoms with Crippen molar-refractivity contribution in [2.75, 3.05) is 9.80 Å². The molecule has 4 aliphatic rings. The van der Waals surface area contributed by atoms with Gasteiger partial charge in [-0.25, -0.2) is 0 Å². The molecule has 21 rings (SSSR count). The fourth-order valence-corrected chi connectivity index (χ4v) is 18.9. The second kappa shape index (κ2) is 29.5. The Bertz CT molecular complexity index is 6730. The summed E-state index contributed by atoms with van der Waals surface area (Å²) in [5.41, 5.74) is 33.8. The van der Waals surface area contributed by atoms with Gasteiger partial charge in [-0.15, -0.1) is 0 Å². The highest BCUT2D eigenvalue weighted by Crippen LogP contribution is 2.55. The molecule has 0 spiro atoms. The molecule has 15 aromatic carbocycles. The molecule has 0 bridgehead atoms. The number of fused-ring (bicyclic) bond motifs is 6. The number of benzene rings is 15. The number of hydrogen-bond donors (Lipinski definition) is 0. The maximum atomic E-state index is 2.76. The lowest BCUT2D eigenvalue weighted by Crippen LogP contribution is -2.62. The molecule has 0 N–H and O–H groups in total. The van der Waals surface area contributed by atoms with Crippen LogP contribution in [0, 0.1) is 0 Å². The molecule has 554 valence electrons. The fourth-order valence-electron chi connectivity index (χ4n) is 18.9. The summed E-state index contributed by atoms with van der Waals surface area (Å²) in [6.07, 6.45) is 22.7. The van der Waals surface area contributed by atoms with E-state index in [2.05, 4.69) is 477 Å². The Balaban J connectivity index is 0.937. The van der Waals surface area contributed by atoms with Crippen molar-refractivity contribution in [1.82, 2.24) is 9.13 Å². The Labute approximate surface area is 685 Å². The van der Waals surface area contributed by atoms with Crippen molar-refractivity contribution in [2.24, 2.45) is 0 Å². The molecule has 0 radical (unpaired) electrons. The van der Waals surface area contributed by atoms with Gasteiger partial charge in [0, 0.05) is 89.9 Å². The van der Waals surface area contributed by atoms with E-state index >= 15 is 0 Å². The molecule has 1 atom stereocenters. The summed E-state index contributed by atoms with van der Waals surface area (Å²) in [6, 6.07) is 141. The van der Waals surface area contributed by atoms with Gasteiger partial charge >= 0.3 is 0 Å². The van der Waals surface area contributed by atoms with Gasteiger partial charge in [0.1, 0.15) is 0 Å². The smallest absolute Gasteiger partial charge is 0.252 e. The van der Waals surface area contributed by atoms with Crippen molar-refractivity contribution >= 4 is 78.7 Å². The van der Waals surface area contributed by atoms with Gasteiger partial charge in [0.15, 0.2) is 0 Å². The van der Waals surface area contributed by atoms with Gasteiger partial charge in [0.25, 0.3) is 6.71 Å². The van der Waals surface area contributed by atoms with E-state index in [1.165, 1.54) is 54.6 Å². The van der Waals surface area contributed by atoms with E-state index in [1.54, 1.807) is 0 Å². The van der Waals surface area contributed by atoms with E-state index in [9.17, 15) is 0 Å². The van der Waals surface area contributed by atoms with Crippen LogP contribution in [0.2, 0.25) is 0 Å². The summed E-state index contributed by atoms with van der Waals surface area (Å²) in [5, 5.41) is 4.74. The Morgan fingerprint density at radius 3 is 1.18 bits per heavy atom. The topological polar surface area (TPSA) is 16.3 Å². The van der Waals surface area contributed by atoms with E-state index < -0.39 is 5.41 Å². The molecule has 117 heavy (non-hydrogen) atoms. The Morgan fingerprint density at radius 1 is 0.282 bits per heavy atom. The number of aromatic nitrogens is 2. The second-order valence-corrected chi connectivity index (χ2v) is 32.1. The summed E-state index contributed by atoms with van der Waals surface area (Å²) in [4.78, 5) is 5.49. The lowest BCUT2D eigenvalue weighted by atomic mass is 9.33. The molecule has 4 heterocycles. The first-order valence-corrected chi connectivity index (χ1v) is 40.9. The number of anilines is 5. The van der Waals surface area contributed by atoms with E-state index in [-0.39, 0.29) is 18.5 Å². The van der Waals surface area contributed by atoms with Gasteiger partial charge in [-0.1, -0.05) is 415 Å². The number of rotatable bonds is 14. The number of allylic oxidation sites excluding steroid dienone is 11. The maximum Gasteiger partial charge on any atom is 0.252 e. The van der Waals surface area contributed by atoms with Crippen LogP contribution in [0.25, 0.3) is 117 Å². The van der Waals surface area contributed by atoms with Crippen LogP contribution >= 0.6 is 0 Å². The first-order valence-electron chi connectivity index (χ1n) is 40.9. The van der Waals surface area contributed by atoms with E-state index in [4.69, 9.17) is 0 Å². The van der Waals surface area contributed by atoms with Gasteiger partial charge in [0.05, 0.1) is 28.5 Å². The van der Waals surface area contributed by atoms with Crippen molar-refractivity contribution in [2.45, 2.75) is 38.0 Å². The summed E-state index contributed by atoms with van der Waals surface area (Å²) in [5.74, 6) is -0.197. The summed E-state index contributed by atoms with van der Waals surface area (Å²) < 4.78 is 5.15. The molecule has 2 aliphatic carbocycles. The van der Waals surface area contributed by atoms with Crippen molar-refractivity contribution in [3.05, 3.63) is 465 Å². The van der Waals surface area contributed by atoms with E-state index in [1.807, 2.05) is 0 Å². The van der Waals surface area contributed by atoms with Gasteiger partial charge in [0.2, 0.25) is 0 Å². The van der Waals surface area contributed by atoms with Crippen LogP contribution in [0.5, 0.6) is 0 Å². The highest BCUT2D eigenvalue weighted by Gasteiger charge is 2.47. The van der Waals surface area contributed by atoms with Gasteiger partial charge < -0.3 is 18.9 Å². The van der Waals surface area contributed by atoms with Crippen molar-refractivity contribution in [3.63, 3.8) is 0 Å². The highest BCUT2D eigenvalue weighted by atomic mass is 15.2. The van der Waals surface area contributed by atoms with Crippen LogP contribution in [-0.4, -0.2) is 15.8 Å². The zero-order valence-electron chi connectivity index (χ0n) is 65.6. The van der Waals surface area contributed by atoms with Crippen LogP contribution < -0.4 is 26.2 Å². The molecular formula is C112H83BN4.